The smallest absolute Gasteiger partial charge is 0.0581 e. The van der Waals surface area contributed by atoms with E-state index in [4.69, 9.17) is 0 Å². The maximum Gasteiger partial charge on any atom is 0.0581 e. The third-order valence-electron chi connectivity index (χ3n) is 2.31. The maximum atomic E-state index is 3.44. The molecule has 1 unspecified atom stereocenters. The Balaban J connectivity index is 2.05. The molecule has 1 nitrogen and oxygen atoms in total. The number of thioether (sulfide) groups is 1. The molecule has 1 heterocycles. The monoisotopic (exact) mass is 203 g/mol. The van der Waals surface area contributed by atoms with Crippen LogP contribution >= 0.6 is 11.8 Å². The highest BCUT2D eigenvalue weighted by Gasteiger charge is 2.21. The average Bonchev–Trinajstić information content (AvgIpc) is 2.63. The molecule has 0 aliphatic carbocycles. The van der Waals surface area contributed by atoms with Crippen LogP contribution in [0.15, 0.2) is 29.2 Å². The van der Waals surface area contributed by atoms with Crippen molar-refractivity contribution in [1.82, 2.24) is 5.32 Å². The van der Waals surface area contributed by atoms with Crippen LogP contribution in [0.4, 0.5) is 0 Å². The molecule has 0 bridgehead atoms. The fraction of sp³-hybridized carbons (Fsp3) is 0.333. The lowest BCUT2D eigenvalue weighted by molar-refractivity contribution is 0.634. The summed E-state index contributed by atoms with van der Waals surface area (Å²) in [4.78, 5) is 1.41. The van der Waals surface area contributed by atoms with Gasteiger partial charge in [-0.25, -0.2) is 0 Å². The van der Waals surface area contributed by atoms with Gasteiger partial charge < -0.3 is 0 Å². The zero-order valence-electron chi connectivity index (χ0n) is 8.21. The van der Waals surface area contributed by atoms with Crippen LogP contribution in [0, 0.1) is 11.8 Å². The third kappa shape index (κ3) is 1.95. The first-order valence-corrected chi connectivity index (χ1v) is 5.75. The predicted octanol–water partition coefficient (Wildman–Crippen LogP) is 2.45. The Kier molecular flexibility index (Phi) is 3.13. The van der Waals surface area contributed by atoms with Crippen LogP contribution in [-0.4, -0.2) is 12.3 Å². The Morgan fingerprint density at radius 2 is 2.36 bits per heavy atom. The van der Waals surface area contributed by atoms with E-state index in [0.717, 1.165) is 12.3 Å². The number of fused-ring (bicyclic) bond motifs is 1. The molecule has 0 radical (unpaired) electrons. The van der Waals surface area contributed by atoms with Crippen molar-refractivity contribution in [3.63, 3.8) is 0 Å². The lowest BCUT2D eigenvalue weighted by atomic mass is 10.1. The molecule has 2 rings (SSSR count). The fourth-order valence-corrected chi connectivity index (χ4v) is 2.79. The highest BCUT2D eigenvalue weighted by molar-refractivity contribution is 7.99. The van der Waals surface area contributed by atoms with E-state index in [2.05, 4.69) is 41.4 Å². The van der Waals surface area contributed by atoms with Gasteiger partial charge in [0.1, 0.15) is 0 Å². The van der Waals surface area contributed by atoms with Gasteiger partial charge in [0, 0.05) is 16.7 Å². The number of hydrogen-bond donors (Lipinski definition) is 1. The molecule has 0 saturated carbocycles. The quantitative estimate of drug-likeness (QED) is 0.741. The Labute approximate surface area is 89.3 Å². The van der Waals surface area contributed by atoms with Crippen molar-refractivity contribution in [3.05, 3.63) is 29.8 Å². The van der Waals surface area contributed by atoms with Crippen LogP contribution in [-0.2, 0) is 0 Å². The van der Waals surface area contributed by atoms with E-state index in [1.165, 1.54) is 10.5 Å². The van der Waals surface area contributed by atoms with Crippen molar-refractivity contribution in [2.45, 2.75) is 17.9 Å². The van der Waals surface area contributed by atoms with Gasteiger partial charge in [0.05, 0.1) is 6.54 Å². The van der Waals surface area contributed by atoms with Crippen LogP contribution in [0.2, 0.25) is 0 Å². The summed E-state index contributed by atoms with van der Waals surface area (Å²) >= 11 is 1.92. The summed E-state index contributed by atoms with van der Waals surface area (Å²) in [5.74, 6) is 7.06. The van der Waals surface area contributed by atoms with Gasteiger partial charge >= 0.3 is 0 Å². The Hall–Kier alpha value is -0.910. The topological polar surface area (TPSA) is 12.0 Å². The first-order valence-electron chi connectivity index (χ1n) is 4.76. The normalized spacial score (nSPS) is 18.5. The minimum atomic E-state index is 0.483. The maximum absolute atomic E-state index is 3.44. The predicted molar refractivity (Wildman–Crippen MR) is 61.4 cm³/mol. The molecule has 1 aromatic rings. The molecule has 0 aromatic heterocycles. The number of nitrogens with one attached hydrogen (secondary N) is 1. The highest BCUT2D eigenvalue weighted by atomic mass is 32.2. The van der Waals surface area contributed by atoms with Crippen molar-refractivity contribution in [2.24, 2.45) is 0 Å². The lowest BCUT2D eigenvalue weighted by Crippen LogP contribution is -2.21. The van der Waals surface area contributed by atoms with Gasteiger partial charge in [-0.15, -0.1) is 17.7 Å². The van der Waals surface area contributed by atoms with Crippen molar-refractivity contribution in [2.75, 3.05) is 12.3 Å². The van der Waals surface area contributed by atoms with Crippen molar-refractivity contribution in [1.29, 1.82) is 0 Å². The van der Waals surface area contributed by atoms with Gasteiger partial charge in [-0.2, -0.15) is 0 Å². The molecule has 0 amide bonds. The lowest BCUT2D eigenvalue weighted by Gasteiger charge is -2.09. The van der Waals surface area contributed by atoms with Gasteiger partial charge in [-0.05, 0) is 18.6 Å². The first-order chi connectivity index (χ1) is 6.92. The zero-order chi connectivity index (χ0) is 9.80. The van der Waals surface area contributed by atoms with Crippen LogP contribution in [0.1, 0.15) is 18.5 Å². The van der Waals surface area contributed by atoms with Crippen molar-refractivity contribution in [3.8, 4) is 11.8 Å². The van der Waals surface area contributed by atoms with E-state index < -0.39 is 0 Å². The molecule has 2 heteroatoms. The van der Waals surface area contributed by atoms with Crippen LogP contribution in [0.25, 0.3) is 0 Å². The molecule has 1 aliphatic rings. The van der Waals surface area contributed by atoms with Gasteiger partial charge in [-0.1, -0.05) is 24.1 Å². The Morgan fingerprint density at radius 1 is 1.50 bits per heavy atom. The molecule has 1 aromatic carbocycles. The molecular weight excluding hydrogens is 190 g/mol. The van der Waals surface area contributed by atoms with E-state index in [9.17, 15) is 0 Å². The Bertz CT molecular complexity index is 375. The summed E-state index contributed by atoms with van der Waals surface area (Å²) < 4.78 is 0. The summed E-state index contributed by atoms with van der Waals surface area (Å²) in [7, 11) is 0. The second-order valence-electron chi connectivity index (χ2n) is 3.21. The fourth-order valence-electron chi connectivity index (χ4n) is 1.59. The van der Waals surface area contributed by atoms with E-state index in [1.54, 1.807) is 0 Å². The summed E-state index contributed by atoms with van der Waals surface area (Å²) in [6.07, 6.45) is 0. The molecule has 72 valence electrons. The van der Waals surface area contributed by atoms with E-state index in [1.807, 2.05) is 18.7 Å². The molecule has 0 spiro atoms. The summed E-state index contributed by atoms with van der Waals surface area (Å²) in [5, 5.41) is 3.44. The minimum absolute atomic E-state index is 0.483. The van der Waals surface area contributed by atoms with E-state index >= 15 is 0 Å². The molecular formula is C12H13NS. The molecule has 1 aliphatic heterocycles. The molecule has 1 atom stereocenters. The standard InChI is InChI=1S/C12H13NS/c1-2-3-8-13-11-9-14-12-7-5-4-6-10(11)12/h4-7,11,13H,8-9H2,1H3. The van der Waals surface area contributed by atoms with Gasteiger partial charge in [0.2, 0.25) is 0 Å². The van der Waals surface area contributed by atoms with Crippen LogP contribution in [0.3, 0.4) is 0 Å². The molecule has 14 heavy (non-hydrogen) atoms. The van der Waals surface area contributed by atoms with Gasteiger partial charge in [-0.3, -0.25) is 5.32 Å². The van der Waals surface area contributed by atoms with E-state index in [0.29, 0.717) is 6.04 Å². The van der Waals surface area contributed by atoms with Gasteiger partial charge in [0.25, 0.3) is 0 Å². The minimum Gasteiger partial charge on any atom is -0.298 e. The largest absolute Gasteiger partial charge is 0.298 e. The van der Waals surface area contributed by atoms with Crippen molar-refractivity contribution < 1.29 is 0 Å². The molecule has 0 fully saturated rings. The summed E-state index contributed by atoms with van der Waals surface area (Å²) in [6.45, 7) is 2.66. The highest BCUT2D eigenvalue weighted by Crippen LogP contribution is 2.37. The summed E-state index contributed by atoms with van der Waals surface area (Å²) in [6, 6.07) is 9.07. The second-order valence-corrected chi connectivity index (χ2v) is 4.27. The Morgan fingerprint density at radius 3 is 3.21 bits per heavy atom. The number of benzene rings is 1. The van der Waals surface area contributed by atoms with E-state index in [-0.39, 0.29) is 0 Å². The zero-order valence-corrected chi connectivity index (χ0v) is 9.03. The van der Waals surface area contributed by atoms with Crippen LogP contribution < -0.4 is 5.32 Å². The first kappa shape index (κ1) is 9.64. The SMILES string of the molecule is CC#CCNC1CSc2ccccc21. The number of rotatable bonds is 2. The summed E-state index contributed by atoms with van der Waals surface area (Å²) in [5.41, 5.74) is 1.43. The molecule has 1 N–H and O–H groups in total. The van der Waals surface area contributed by atoms with Crippen molar-refractivity contribution >= 4 is 11.8 Å². The second kappa shape index (κ2) is 4.54. The van der Waals surface area contributed by atoms with Gasteiger partial charge in [0.15, 0.2) is 0 Å². The third-order valence-corrected chi connectivity index (χ3v) is 3.50. The number of hydrogen-bond acceptors (Lipinski definition) is 2. The van der Waals surface area contributed by atoms with Crippen LogP contribution in [0.5, 0.6) is 0 Å². The molecule has 0 saturated heterocycles. The average molecular weight is 203 g/mol.